The highest BCUT2D eigenvalue weighted by molar-refractivity contribution is 5.99. The van der Waals surface area contributed by atoms with Crippen molar-refractivity contribution in [2.75, 3.05) is 0 Å². The molecule has 1 aliphatic rings. The Labute approximate surface area is 244 Å². The smallest absolute Gasteiger partial charge is 0.436 e. The molecule has 1 fully saturated rings. The molecule has 10 heteroatoms. The van der Waals surface area contributed by atoms with Crippen LogP contribution >= 0.6 is 0 Å². The summed E-state index contributed by atoms with van der Waals surface area (Å²) in [6.45, 7) is 0. The fourth-order valence-electron chi connectivity index (χ4n) is 4.74. The Hall–Kier alpha value is -5.09. The first-order valence-electron chi connectivity index (χ1n) is 13.6. The summed E-state index contributed by atoms with van der Waals surface area (Å²) in [5.41, 5.74) is 11.7. The van der Waals surface area contributed by atoms with Crippen molar-refractivity contribution in [2.24, 2.45) is 5.73 Å². The van der Waals surface area contributed by atoms with Crippen LogP contribution in [0, 0.1) is 0 Å². The molecule has 0 spiro atoms. The van der Waals surface area contributed by atoms with Crippen LogP contribution in [0.25, 0.3) is 44.5 Å². The Morgan fingerprint density at radius 2 is 1.51 bits per heavy atom. The van der Waals surface area contributed by atoms with E-state index >= 15 is 0 Å². The highest BCUT2D eigenvalue weighted by Gasteiger charge is 2.42. The van der Waals surface area contributed by atoms with E-state index in [0.29, 0.717) is 28.0 Å². The second kappa shape index (κ2) is 11.3. The normalized spacial score (nSPS) is 13.9. The van der Waals surface area contributed by atoms with Crippen molar-refractivity contribution in [3.63, 3.8) is 0 Å². The van der Waals surface area contributed by atoms with Gasteiger partial charge in [-0.05, 0) is 42.7 Å². The molecular weight excluding hydrogens is 557 g/mol. The van der Waals surface area contributed by atoms with Crippen LogP contribution in [0.4, 0.5) is 13.2 Å². The van der Waals surface area contributed by atoms with Gasteiger partial charge in [-0.2, -0.15) is 13.2 Å². The van der Waals surface area contributed by atoms with E-state index in [-0.39, 0.29) is 17.5 Å². The fraction of sp³-hybridized carbons (Fsp3) is 0.152. The van der Waals surface area contributed by atoms with Gasteiger partial charge in [0.25, 0.3) is 5.91 Å². The molecular formula is C33H25F3N4O3. The first-order chi connectivity index (χ1) is 20.7. The van der Waals surface area contributed by atoms with Crippen LogP contribution in [0.1, 0.15) is 35.0 Å². The topological polar surface area (TPSA) is 107 Å². The molecule has 216 valence electrons. The van der Waals surface area contributed by atoms with Crippen molar-refractivity contribution in [3.8, 4) is 33.6 Å². The van der Waals surface area contributed by atoms with Gasteiger partial charge in [-0.1, -0.05) is 66.7 Å². The van der Waals surface area contributed by atoms with Gasteiger partial charge >= 0.3 is 12.1 Å². The largest absolute Gasteiger partial charge is 0.490 e. The van der Waals surface area contributed by atoms with Crippen LogP contribution in [0.15, 0.2) is 97.2 Å². The highest BCUT2D eigenvalue weighted by Crippen LogP contribution is 2.37. The molecule has 3 aromatic carbocycles. The number of carbonyl (C=O) groups excluding carboxylic acids is 2. The molecule has 7 nitrogen and oxygen atoms in total. The molecule has 0 radical (unpaired) electrons. The van der Waals surface area contributed by atoms with E-state index < -0.39 is 18.4 Å². The number of fused-ring (bicyclic) bond motifs is 1. The number of nitrogens with two attached hydrogens (primary N) is 1. The Kier molecular flexibility index (Phi) is 7.37. The van der Waals surface area contributed by atoms with Crippen molar-refractivity contribution in [1.29, 1.82) is 0 Å². The molecule has 6 rings (SSSR count). The molecule has 1 saturated carbocycles. The Bertz CT molecular complexity index is 1800. The van der Waals surface area contributed by atoms with E-state index in [4.69, 9.17) is 10.7 Å². The summed E-state index contributed by atoms with van der Waals surface area (Å²) in [5, 5.41) is 3.80. The minimum Gasteiger partial charge on any atom is -0.436 e. The molecule has 1 amide bonds. The Balaban J connectivity index is 1.38. The fourth-order valence-corrected chi connectivity index (χ4v) is 4.74. The number of hydrogen-bond acceptors (Lipinski definition) is 6. The lowest BCUT2D eigenvalue weighted by Crippen LogP contribution is -2.29. The van der Waals surface area contributed by atoms with Crippen LogP contribution in [0.2, 0.25) is 0 Å². The summed E-state index contributed by atoms with van der Waals surface area (Å²) >= 11 is 0. The monoisotopic (exact) mass is 582 g/mol. The molecule has 1 atom stereocenters. The molecule has 2 heterocycles. The van der Waals surface area contributed by atoms with Gasteiger partial charge in [0.1, 0.15) is 0 Å². The van der Waals surface area contributed by atoms with Gasteiger partial charge in [-0.3, -0.25) is 15.5 Å². The minimum atomic E-state index is -5.14. The first-order valence-corrected chi connectivity index (χ1v) is 13.6. The standard InChI is InChI=1S/C33H25F3N4O3/c34-33(35,36)32(42)43-30(37)22-10-6-21(7-11-22)29-25(19-4-2-1-3-5-19)18-26-27(40-29)16-17-38-28(26)20-8-12-23(13-9-20)31(41)39-24-14-15-24/h1-13,16-18,24,30H,14-15,37H2,(H,39,41). The second-order valence-electron chi connectivity index (χ2n) is 10.2. The van der Waals surface area contributed by atoms with Crippen LogP contribution < -0.4 is 11.1 Å². The zero-order chi connectivity index (χ0) is 30.1. The SMILES string of the molecule is NC(OC(=O)C(F)(F)F)c1ccc(-c2nc3ccnc(-c4ccc(C(=O)NC5CC5)cc4)c3cc2-c2ccccc2)cc1. The maximum atomic E-state index is 12.6. The van der Waals surface area contributed by atoms with Crippen molar-refractivity contribution < 1.29 is 27.5 Å². The first kappa shape index (κ1) is 28.0. The molecule has 3 N–H and O–H groups in total. The molecule has 1 unspecified atom stereocenters. The van der Waals surface area contributed by atoms with Gasteiger partial charge in [0.15, 0.2) is 6.23 Å². The predicted octanol–water partition coefficient (Wildman–Crippen LogP) is 6.59. The van der Waals surface area contributed by atoms with Gasteiger partial charge in [0.05, 0.1) is 16.9 Å². The van der Waals surface area contributed by atoms with E-state index in [1.165, 1.54) is 12.1 Å². The van der Waals surface area contributed by atoms with Crippen molar-refractivity contribution >= 4 is 22.8 Å². The third kappa shape index (κ3) is 6.09. The lowest BCUT2D eigenvalue weighted by molar-refractivity contribution is -0.205. The number of benzene rings is 3. The van der Waals surface area contributed by atoms with Crippen molar-refractivity contribution in [3.05, 3.63) is 108 Å². The molecule has 5 aromatic rings. The third-order valence-electron chi connectivity index (χ3n) is 7.14. The van der Waals surface area contributed by atoms with Gasteiger partial charge < -0.3 is 10.1 Å². The summed E-state index contributed by atoms with van der Waals surface area (Å²) < 4.78 is 42.2. The van der Waals surface area contributed by atoms with E-state index in [0.717, 1.165) is 34.9 Å². The number of esters is 1. The number of alkyl halides is 3. The van der Waals surface area contributed by atoms with Crippen molar-refractivity contribution in [2.45, 2.75) is 31.3 Å². The maximum Gasteiger partial charge on any atom is 0.490 e. The number of rotatable bonds is 7. The third-order valence-corrected chi connectivity index (χ3v) is 7.14. The lowest BCUT2D eigenvalue weighted by Gasteiger charge is -2.16. The predicted molar refractivity (Wildman–Crippen MR) is 155 cm³/mol. The zero-order valence-corrected chi connectivity index (χ0v) is 22.6. The summed E-state index contributed by atoms with van der Waals surface area (Å²) in [6.07, 6.45) is -3.03. The number of halogens is 3. The molecule has 2 aromatic heterocycles. The van der Waals surface area contributed by atoms with Crippen LogP contribution in [0.3, 0.4) is 0 Å². The van der Waals surface area contributed by atoms with Crippen LogP contribution in [0.5, 0.6) is 0 Å². The number of nitrogens with one attached hydrogen (secondary N) is 1. The molecule has 1 aliphatic carbocycles. The minimum absolute atomic E-state index is 0.0944. The average molecular weight is 583 g/mol. The number of pyridine rings is 2. The van der Waals surface area contributed by atoms with Crippen LogP contribution in [-0.4, -0.2) is 34.1 Å². The number of amides is 1. The number of nitrogens with zero attached hydrogens (tertiary/aromatic N) is 2. The van der Waals surface area contributed by atoms with Gasteiger partial charge in [0.2, 0.25) is 0 Å². The molecule has 0 bridgehead atoms. The maximum absolute atomic E-state index is 12.6. The number of aromatic nitrogens is 2. The van der Waals surface area contributed by atoms with Gasteiger partial charge in [0, 0.05) is 45.4 Å². The zero-order valence-electron chi connectivity index (χ0n) is 22.6. The molecule has 43 heavy (non-hydrogen) atoms. The Morgan fingerprint density at radius 1 is 0.860 bits per heavy atom. The van der Waals surface area contributed by atoms with E-state index in [9.17, 15) is 22.8 Å². The quantitative estimate of drug-likeness (QED) is 0.166. The average Bonchev–Trinajstić information content (AvgIpc) is 3.84. The van der Waals surface area contributed by atoms with Crippen LogP contribution in [-0.2, 0) is 9.53 Å². The Morgan fingerprint density at radius 3 is 2.16 bits per heavy atom. The second-order valence-corrected chi connectivity index (χ2v) is 10.2. The van der Waals surface area contributed by atoms with Gasteiger partial charge in [-0.25, -0.2) is 9.78 Å². The lowest BCUT2D eigenvalue weighted by atomic mass is 9.95. The summed E-state index contributed by atoms with van der Waals surface area (Å²) in [4.78, 5) is 33.3. The van der Waals surface area contributed by atoms with Crippen molar-refractivity contribution in [1.82, 2.24) is 15.3 Å². The number of ether oxygens (including phenoxy) is 1. The molecule has 0 aliphatic heterocycles. The highest BCUT2D eigenvalue weighted by atomic mass is 19.4. The summed E-state index contributed by atoms with van der Waals surface area (Å²) in [7, 11) is 0. The summed E-state index contributed by atoms with van der Waals surface area (Å²) in [5.74, 6) is -2.45. The van der Waals surface area contributed by atoms with E-state index in [1.807, 2.05) is 48.5 Å². The molecule has 0 saturated heterocycles. The van der Waals surface area contributed by atoms with E-state index in [1.54, 1.807) is 36.5 Å². The summed E-state index contributed by atoms with van der Waals surface area (Å²) in [6, 6.07) is 27.4. The van der Waals surface area contributed by atoms with Gasteiger partial charge in [-0.15, -0.1) is 0 Å². The van der Waals surface area contributed by atoms with E-state index in [2.05, 4.69) is 15.0 Å². The number of carbonyl (C=O) groups is 2. The number of hydrogen-bond donors (Lipinski definition) is 2.